The minimum Gasteiger partial charge on any atom is -0.297 e. The van der Waals surface area contributed by atoms with Crippen LogP contribution in [0, 0.1) is 4.91 Å². The summed E-state index contributed by atoms with van der Waals surface area (Å²) in [6.45, 7) is 2.00. The van der Waals surface area contributed by atoms with E-state index in [1.807, 2.05) is 0 Å². The van der Waals surface area contributed by atoms with Gasteiger partial charge in [0.15, 0.2) is 0 Å². The lowest BCUT2D eigenvalue weighted by molar-refractivity contribution is 0.599. The molecule has 1 unspecified atom stereocenters. The van der Waals surface area contributed by atoms with Crippen molar-refractivity contribution in [3.05, 3.63) is 4.91 Å². The van der Waals surface area contributed by atoms with E-state index in [2.05, 4.69) is 15.5 Å². The third-order valence-electron chi connectivity index (χ3n) is 0.910. The molecule has 0 amide bonds. The van der Waals surface area contributed by atoms with Gasteiger partial charge in [0.1, 0.15) is 12.7 Å². The van der Waals surface area contributed by atoms with E-state index in [1.165, 1.54) is 0 Å². The Hall–Kier alpha value is -0.770. The molecule has 0 aliphatic heterocycles. The van der Waals surface area contributed by atoms with Crippen LogP contribution in [-0.4, -0.2) is 26.0 Å². The Kier molecular flexibility index (Phi) is 4.91. The normalized spacial score (nSPS) is 14.0. The predicted molar refractivity (Wildman–Crippen MR) is 37.7 cm³/mol. The Morgan fingerprint density at radius 3 is 2.78 bits per heavy atom. The number of hydrogen-bond donors (Lipinski definition) is 1. The third kappa shape index (κ3) is 3.78. The summed E-state index contributed by atoms with van der Waals surface area (Å²) in [5.41, 5.74) is 0. The van der Waals surface area contributed by atoms with Crippen molar-refractivity contribution in [1.29, 1.82) is 0 Å². The van der Waals surface area contributed by atoms with Gasteiger partial charge in [-0.15, -0.1) is 0 Å². The fourth-order valence-corrected chi connectivity index (χ4v) is 0.464. The van der Waals surface area contributed by atoms with E-state index < -0.39 is 0 Å². The van der Waals surface area contributed by atoms with Crippen molar-refractivity contribution in [2.75, 3.05) is 13.6 Å². The van der Waals surface area contributed by atoms with Crippen LogP contribution in [0.4, 0.5) is 0 Å². The largest absolute Gasteiger partial charge is 0.297 e. The molecule has 0 aliphatic carbocycles. The molecule has 0 saturated carbocycles. The summed E-state index contributed by atoms with van der Waals surface area (Å²) in [6.07, 6.45) is 1.50. The second-order valence-electron chi connectivity index (χ2n) is 1.52. The number of rotatable bonds is 4. The molecule has 0 rings (SSSR count). The first-order chi connectivity index (χ1) is 4.35. The first kappa shape index (κ1) is 8.23. The minimum atomic E-state index is -0.146. The smallest absolute Gasteiger partial charge is 0.122 e. The van der Waals surface area contributed by atoms with Crippen LogP contribution >= 0.6 is 0 Å². The second-order valence-corrected chi connectivity index (χ2v) is 1.52. The molecular formula is C5H11N3O. The Morgan fingerprint density at radius 1 is 1.78 bits per heavy atom. The van der Waals surface area contributed by atoms with Crippen molar-refractivity contribution in [1.82, 2.24) is 5.32 Å². The first-order valence-electron chi connectivity index (χ1n) is 2.79. The maximum atomic E-state index is 9.69. The van der Waals surface area contributed by atoms with E-state index in [-0.39, 0.29) is 12.7 Å². The van der Waals surface area contributed by atoms with Gasteiger partial charge in [-0.25, -0.2) is 0 Å². The minimum absolute atomic E-state index is 0.146. The Bertz CT molecular complexity index is 102. The van der Waals surface area contributed by atoms with E-state index in [9.17, 15) is 4.91 Å². The monoisotopic (exact) mass is 129 g/mol. The average molecular weight is 129 g/mol. The molecule has 0 heterocycles. The first-order valence-corrected chi connectivity index (χ1v) is 2.79. The summed E-state index contributed by atoms with van der Waals surface area (Å²) in [6, 6.07) is 0. The number of likely N-dealkylation sites (N-methyl/N-ethyl adjacent to an activating group) is 1. The molecule has 0 aromatic rings. The van der Waals surface area contributed by atoms with E-state index in [0.717, 1.165) is 0 Å². The highest BCUT2D eigenvalue weighted by Gasteiger charge is 1.98. The standard InChI is InChI=1S/C5H11N3O/c1-3-7-5(6-2)4-8-9/h3,5-6H,4H2,1-2H3. The fraction of sp³-hybridized carbons (Fsp3) is 0.800. The molecule has 0 aromatic carbocycles. The Labute approximate surface area is 54.3 Å². The molecule has 1 atom stereocenters. The summed E-state index contributed by atoms with van der Waals surface area (Å²) in [5.74, 6) is 0. The lowest BCUT2D eigenvalue weighted by Crippen LogP contribution is -2.25. The summed E-state index contributed by atoms with van der Waals surface area (Å²) in [5, 5.41) is 5.51. The van der Waals surface area contributed by atoms with Crippen molar-refractivity contribution in [2.45, 2.75) is 13.1 Å². The summed E-state index contributed by atoms with van der Waals surface area (Å²) >= 11 is 0. The molecule has 0 radical (unpaired) electrons. The lowest BCUT2D eigenvalue weighted by Gasteiger charge is -2.03. The van der Waals surface area contributed by atoms with Crippen LogP contribution < -0.4 is 5.32 Å². The molecule has 0 aromatic heterocycles. The fourth-order valence-electron chi connectivity index (χ4n) is 0.464. The third-order valence-corrected chi connectivity index (χ3v) is 0.910. The van der Waals surface area contributed by atoms with Gasteiger partial charge in [0.05, 0.1) is 0 Å². The van der Waals surface area contributed by atoms with Crippen molar-refractivity contribution in [2.24, 2.45) is 10.2 Å². The zero-order valence-electron chi connectivity index (χ0n) is 5.66. The number of nitrogens with one attached hydrogen (secondary N) is 1. The van der Waals surface area contributed by atoms with Crippen LogP contribution in [0.15, 0.2) is 10.2 Å². The van der Waals surface area contributed by atoms with E-state index in [0.29, 0.717) is 0 Å². The quantitative estimate of drug-likeness (QED) is 0.441. The SMILES string of the molecule is CC=NC(CN=O)NC. The second kappa shape index (κ2) is 5.37. The molecule has 9 heavy (non-hydrogen) atoms. The predicted octanol–water partition coefficient (Wildman–Crippen LogP) is 0.389. The van der Waals surface area contributed by atoms with Crippen molar-refractivity contribution in [3.8, 4) is 0 Å². The molecule has 0 aliphatic rings. The Morgan fingerprint density at radius 2 is 2.44 bits per heavy atom. The molecule has 4 heteroatoms. The van der Waals surface area contributed by atoms with Gasteiger partial charge in [0.25, 0.3) is 0 Å². The van der Waals surface area contributed by atoms with E-state index in [1.54, 1.807) is 20.2 Å². The maximum absolute atomic E-state index is 9.69. The Balaban J connectivity index is 3.53. The molecule has 0 spiro atoms. The van der Waals surface area contributed by atoms with Crippen LogP contribution in [0.2, 0.25) is 0 Å². The highest BCUT2D eigenvalue weighted by molar-refractivity contribution is 5.53. The number of nitroso groups, excluding NO2 is 1. The van der Waals surface area contributed by atoms with Gasteiger partial charge in [0, 0.05) is 0 Å². The van der Waals surface area contributed by atoms with Crippen LogP contribution in [0.5, 0.6) is 0 Å². The van der Waals surface area contributed by atoms with Gasteiger partial charge in [-0.05, 0) is 20.2 Å². The zero-order chi connectivity index (χ0) is 7.11. The molecule has 0 saturated heterocycles. The van der Waals surface area contributed by atoms with Gasteiger partial charge < -0.3 is 0 Å². The highest BCUT2D eigenvalue weighted by Crippen LogP contribution is 1.83. The van der Waals surface area contributed by atoms with Crippen molar-refractivity contribution < 1.29 is 0 Å². The van der Waals surface area contributed by atoms with Crippen LogP contribution in [-0.2, 0) is 0 Å². The molecular weight excluding hydrogens is 118 g/mol. The molecule has 4 nitrogen and oxygen atoms in total. The number of aliphatic imine (C=N–C) groups is 1. The van der Waals surface area contributed by atoms with Gasteiger partial charge in [0.2, 0.25) is 0 Å². The summed E-state index contributed by atoms with van der Waals surface area (Å²) in [7, 11) is 1.74. The van der Waals surface area contributed by atoms with Crippen LogP contribution in [0.1, 0.15) is 6.92 Å². The summed E-state index contributed by atoms with van der Waals surface area (Å²) in [4.78, 5) is 13.6. The maximum Gasteiger partial charge on any atom is 0.122 e. The van der Waals surface area contributed by atoms with Gasteiger partial charge >= 0.3 is 0 Å². The average Bonchev–Trinajstić information content (AvgIpc) is 1.88. The topological polar surface area (TPSA) is 53.8 Å². The van der Waals surface area contributed by atoms with Crippen LogP contribution in [0.3, 0.4) is 0 Å². The van der Waals surface area contributed by atoms with Crippen LogP contribution in [0.25, 0.3) is 0 Å². The van der Waals surface area contributed by atoms with Gasteiger partial charge in [-0.2, -0.15) is 4.91 Å². The van der Waals surface area contributed by atoms with Gasteiger partial charge in [-0.3, -0.25) is 10.3 Å². The number of hydrogen-bond acceptors (Lipinski definition) is 4. The van der Waals surface area contributed by atoms with E-state index >= 15 is 0 Å². The molecule has 0 fully saturated rings. The van der Waals surface area contributed by atoms with E-state index in [4.69, 9.17) is 0 Å². The van der Waals surface area contributed by atoms with Gasteiger partial charge in [-0.1, -0.05) is 5.18 Å². The lowest BCUT2D eigenvalue weighted by atomic mass is 10.5. The summed E-state index contributed by atoms with van der Waals surface area (Å²) < 4.78 is 0. The molecule has 1 N–H and O–H groups in total. The zero-order valence-corrected chi connectivity index (χ0v) is 5.66. The highest BCUT2D eigenvalue weighted by atomic mass is 16.3. The molecule has 0 bridgehead atoms. The molecule has 52 valence electrons. The number of nitrogens with zero attached hydrogens (tertiary/aromatic N) is 2. The van der Waals surface area contributed by atoms with Crippen molar-refractivity contribution in [3.63, 3.8) is 0 Å². The van der Waals surface area contributed by atoms with Crippen molar-refractivity contribution >= 4 is 6.21 Å².